The summed E-state index contributed by atoms with van der Waals surface area (Å²) in [6.07, 6.45) is 3.90. The number of thiazole rings is 1. The van der Waals surface area contributed by atoms with E-state index in [4.69, 9.17) is 9.15 Å². The van der Waals surface area contributed by atoms with Crippen molar-refractivity contribution in [1.29, 1.82) is 0 Å². The average Bonchev–Trinajstić information content (AvgIpc) is 3.31. The van der Waals surface area contributed by atoms with Gasteiger partial charge in [0.15, 0.2) is 10.8 Å². The van der Waals surface area contributed by atoms with Crippen molar-refractivity contribution in [1.82, 2.24) is 20.1 Å². The first-order chi connectivity index (χ1) is 11.6. The van der Waals surface area contributed by atoms with E-state index >= 15 is 0 Å². The first-order valence-electron chi connectivity index (χ1n) is 7.50. The highest BCUT2D eigenvalue weighted by Crippen LogP contribution is 2.26. The van der Waals surface area contributed by atoms with Crippen LogP contribution in [-0.4, -0.2) is 27.8 Å². The van der Waals surface area contributed by atoms with Crippen molar-refractivity contribution >= 4 is 17.2 Å². The van der Waals surface area contributed by atoms with Gasteiger partial charge >= 0.3 is 0 Å². The Kier molecular flexibility index (Phi) is 4.66. The molecule has 0 saturated carbocycles. The summed E-state index contributed by atoms with van der Waals surface area (Å²) in [4.78, 5) is 17.1. The van der Waals surface area contributed by atoms with Gasteiger partial charge in [0.05, 0.1) is 37.4 Å². The van der Waals surface area contributed by atoms with Crippen LogP contribution in [0.5, 0.6) is 5.88 Å². The first-order valence-corrected chi connectivity index (χ1v) is 8.32. The molecular weight excluding hydrogens is 328 g/mol. The molecule has 0 radical (unpaired) electrons. The van der Waals surface area contributed by atoms with Crippen LogP contribution in [0.1, 0.15) is 27.9 Å². The predicted octanol–water partition coefficient (Wildman–Crippen LogP) is 2.64. The summed E-state index contributed by atoms with van der Waals surface area (Å²) in [7, 11) is 3.42. The lowest BCUT2D eigenvalue weighted by Gasteiger charge is -2.06. The number of hydrogen-bond acceptors (Lipinski definition) is 6. The number of carbonyl (C=O) groups is 1. The molecule has 1 N–H and O–H groups in total. The molecule has 0 aromatic carbocycles. The fourth-order valence-electron chi connectivity index (χ4n) is 2.47. The molecule has 126 valence electrons. The van der Waals surface area contributed by atoms with E-state index in [0.29, 0.717) is 28.1 Å². The Morgan fingerprint density at radius 3 is 3.00 bits per heavy atom. The number of methoxy groups -OCH3 is 1. The number of aryl methyl sites for hydroxylation is 2. The number of nitrogens with zero attached hydrogens (tertiary/aromatic N) is 3. The molecule has 0 saturated heterocycles. The van der Waals surface area contributed by atoms with Crippen LogP contribution in [0.15, 0.2) is 29.0 Å². The van der Waals surface area contributed by atoms with Gasteiger partial charge in [-0.3, -0.25) is 4.79 Å². The van der Waals surface area contributed by atoms with Crippen LogP contribution >= 0.6 is 11.3 Å². The number of furan rings is 1. The molecular formula is C16H18N4O3S. The maximum atomic E-state index is 12.4. The summed E-state index contributed by atoms with van der Waals surface area (Å²) in [5.74, 6) is 1.13. The Morgan fingerprint density at radius 2 is 2.33 bits per heavy atom. The van der Waals surface area contributed by atoms with Crippen LogP contribution in [-0.2, 0) is 20.0 Å². The smallest absolute Gasteiger partial charge is 0.263 e. The summed E-state index contributed by atoms with van der Waals surface area (Å²) >= 11 is 1.29. The zero-order valence-corrected chi connectivity index (χ0v) is 14.5. The predicted molar refractivity (Wildman–Crippen MR) is 90.1 cm³/mol. The number of aromatic nitrogens is 3. The number of carbonyl (C=O) groups excluding carboxylic acids is 1. The van der Waals surface area contributed by atoms with Crippen molar-refractivity contribution in [3.8, 4) is 16.6 Å². The number of hydrogen-bond donors (Lipinski definition) is 1. The molecule has 3 aromatic heterocycles. The number of nitrogens with one attached hydrogen (secondary N) is 1. The highest BCUT2D eigenvalue weighted by Gasteiger charge is 2.18. The third-order valence-corrected chi connectivity index (χ3v) is 4.60. The van der Waals surface area contributed by atoms with Crippen molar-refractivity contribution in [3.05, 3.63) is 40.7 Å². The van der Waals surface area contributed by atoms with E-state index in [2.05, 4.69) is 15.4 Å². The van der Waals surface area contributed by atoms with E-state index in [0.717, 1.165) is 17.7 Å². The second-order valence-corrected chi connectivity index (χ2v) is 6.13. The molecule has 0 aliphatic carbocycles. The zero-order valence-electron chi connectivity index (χ0n) is 13.7. The largest absolute Gasteiger partial charge is 0.481 e. The summed E-state index contributed by atoms with van der Waals surface area (Å²) in [6.45, 7) is 2.37. The monoisotopic (exact) mass is 346 g/mol. The van der Waals surface area contributed by atoms with E-state index in [-0.39, 0.29) is 5.91 Å². The van der Waals surface area contributed by atoms with Gasteiger partial charge in [-0.15, -0.1) is 11.3 Å². The topological polar surface area (TPSA) is 82.2 Å². The maximum absolute atomic E-state index is 12.4. The average molecular weight is 346 g/mol. The SMILES string of the molecule is CCc1nn(C)c(OC)c1CNC(=O)c1cnc(-c2ccco2)s1. The standard InChI is InChI=1S/C16H18N4O3S/c1-4-11-10(16(22-3)20(2)19-11)8-17-14(21)13-9-18-15(24-13)12-6-5-7-23-12/h5-7,9H,4,8H2,1-3H3,(H,17,21). The van der Waals surface area contributed by atoms with E-state index in [9.17, 15) is 4.79 Å². The minimum Gasteiger partial charge on any atom is -0.481 e. The molecule has 0 aliphatic heterocycles. The second-order valence-electron chi connectivity index (χ2n) is 5.10. The van der Waals surface area contributed by atoms with Gasteiger partial charge < -0.3 is 14.5 Å². The minimum absolute atomic E-state index is 0.182. The summed E-state index contributed by atoms with van der Waals surface area (Å²) < 4.78 is 12.4. The Labute approximate surface area is 143 Å². The lowest BCUT2D eigenvalue weighted by molar-refractivity contribution is 0.0954. The van der Waals surface area contributed by atoms with Gasteiger partial charge in [0, 0.05) is 7.05 Å². The maximum Gasteiger partial charge on any atom is 0.263 e. The van der Waals surface area contributed by atoms with Crippen LogP contribution < -0.4 is 10.1 Å². The van der Waals surface area contributed by atoms with Crippen molar-refractivity contribution in [2.24, 2.45) is 7.05 Å². The van der Waals surface area contributed by atoms with Gasteiger partial charge in [0.1, 0.15) is 4.88 Å². The Balaban J connectivity index is 1.72. The molecule has 3 aromatic rings. The molecule has 3 heterocycles. The molecule has 0 spiro atoms. The zero-order chi connectivity index (χ0) is 17.1. The molecule has 24 heavy (non-hydrogen) atoms. The Bertz CT molecular complexity index is 836. The van der Waals surface area contributed by atoms with Gasteiger partial charge in [-0.1, -0.05) is 6.92 Å². The second kappa shape index (κ2) is 6.88. The van der Waals surface area contributed by atoms with Crippen LogP contribution in [0.3, 0.4) is 0 Å². The van der Waals surface area contributed by atoms with Gasteiger partial charge in [0.25, 0.3) is 5.91 Å². The number of ether oxygens (including phenoxy) is 1. The highest BCUT2D eigenvalue weighted by atomic mass is 32.1. The molecule has 7 nitrogen and oxygen atoms in total. The van der Waals surface area contributed by atoms with Crippen LogP contribution in [0.25, 0.3) is 10.8 Å². The lowest BCUT2D eigenvalue weighted by Crippen LogP contribution is -2.22. The van der Waals surface area contributed by atoms with E-state index < -0.39 is 0 Å². The summed E-state index contributed by atoms with van der Waals surface area (Å²) in [5, 5.41) is 7.99. The molecule has 0 atom stereocenters. The fourth-order valence-corrected chi connectivity index (χ4v) is 3.27. The third-order valence-electron chi connectivity index (χ3n) is 3.59. The highest BCUT2D eigenvalue weighted by molar-refractivity contribution is 7.16. The number of rotatable bonds is 6. The molecule has 8 heteroatoms. The van der Waals surface area contributed by atoms with Crippen molar-refractivity contribution in [2.45, 2.75) is 19.9 Å². The third kappa shape index (κ3) is 3.05. The van der Waals surface area contributed by atoms with Crippen LogP contribution in [0.2, 0.25) is 0 Å². The van der Waals surface area contributed by atoms with Gasteiger partial charge in [-0.25, -0.2) is 9.67 Å². The Morgan fingerprint density at radius 1 is 1.50 bits per heavy atom. The van der Waals surface area contributed by atoms with Gasteiger partial charge in [-0.2, -0.15) is 5.10 Å². The van der Waals surface area contributed by atoms with Crippen molar-refractivity contribution in [3.63, 3.8) is 0 Å². The fraction of sp³-hybridized carbons (Fsp3) is 0.312. The first kappa shape index (κ1) is 16.3. The molecule has 1 amide bonds. The molecule has 0 bridgehead atoms. The summed E-state index contributed by atoms with van der Waals surface area (Å²) in [6, 6.07) is 3.60. The van der Waals surface area contributed by atoms with Gasteiger partial charge in [0.2, 0.25) is 5.88 Å². The lowest BCUT2D eigenvalue weighted by atomic mass is 10.2. The quantitative estimate of drug-likeness (QED) is 0.742. The van der Waals surface area contributed by atoms with Crippen molar-refractivity contribution < 1.29 is 13.9 Å². The normalized spacial score (nSPS) is 10.8. The molecule has 0 aliphatic rings. The molecule has 3 rings (SSSR count). The van der Waals surface area contributed by atoms with Crippen LogP contribution in [0, 0.1) is 0 Å². The van der Waals surface area contributed by atoms with Crippen LogP contribution in [0.4, 0.5) is 0 Å². The molecule has 0 unspecified atom stereocenters. The van der Waals surface area contributed by atoms with E-state index in [1.54, 1.807) is 30.3 Å². The summed E-state index contributed by atoms with van der Waals surface area (Å²) in [5.41, 5.74) is 1.81. The molecule has 0 fully saturated rings. The van der Waals surface area contributed by atoms with E-state index in [1.807, 2.05) is 20.0 Å². The van der Waals surface area contributed by atoms with E-state index in [1.165, 1.54) is 11.3 Å². The Hall–Kier alpha value is -2.61. The number of amides is 1. The van der Waals surface area contributed by atoms with Crippen molar-refractivity contribution in [2.75, 3.05) is 7.11 Å². The minimum atomic E-state index is -0.182. The van der Waals surface area contributed by atoms with Gasteiger partial charge in [-0.05, 0) is 18.6 Å².